The average Bonchev–Trinajstić information content (AvgIpc) is 2.84. The second-order valence-corrected chi connectivity index (χ2v) is 5.61. The molecule has 0 aliphatic carbocycles. The second kappa shape index (κ2) is 6.87. The van der Waals surface area contributed by atoms with Gasteiger partial charge in [-0.3, -0.25) is 15.0 Å². The molecule has 2 rings (SSSR count). The SMILES string of the molecule is COc1cc(CN2CCCC2CC(C)O)ccc1[N+](=O)[O-]. The highest BCUT2D eigenvalue weighted by atomic mass is 16.6. The van der Waals surface area contributed by atoms with E-state index in [1.54, 1.807) is 12.1 Å². The van der Waals surface area contributed by atoms with Gasteiger partial charge in [0, 0.05) is 18.7 Å². The maximum Gasteiger partial charge on any atom is 0.310 e. The van der Waals surface area contributed by atoms with Crippen LogP contribution in [0.1, 0.15) is 31.7 Å². The Labute approximate surface area is 124 Å². The Morgan fingerprint density at radius 3 is 2.95 bits per heavy atom. The van der Waals surface area contributed by atoms with Crippen molar-refractivity contribution in [3.05, 3.63) is 33.9 Å². The zero-order chi connectivity index (χ0) is 15.4. The van der Waals surface area contributed by atoms with E-state index in [0.29, 0.717) is 11.8 Å². The first-order valence-electron chi connectivity index (χ1n) is 7.24. The van der Waals surface area contributed by atoms with Crippen molar-refractivity contribution in [2.75, 3.05) is 13.7 Å². The fourth-order valence-electron chi connectivity index (χ4n) is 2.97. The summed E-state index contributed by atoms with van der Waals surface area (Å²) in [5, 5.41) is 20.5. The van der Waals surface area contributed by atoms with Gasteiger partial charge in [-0.15, -0.1) is 0 Å². The Morgan fingerprint density at radius 2 is 2.33 bits per heavy atom. The molecule has 1 aliphatic heterocycles. The number of aliphatic hydroxyl groups is 1. The van der Waals surface area contributed by atoms with Crippen molar-refractivity contribution in [3.63, 3.8) is 0 Å². The van der Waals surface area contributed by atoms with E-state index < -0.39 is 4.92 Å². The average molecular weight is 294 g/mol. The van der Waals surface area contributed by atoms with E-state index in [2.05, 4.69) is 4.90 Å². The normalized spacial score (nSPS) is 20.4. The van der Waals surface area contributed by atoms with E-state index in [9.17, 15) is 15.2 Å². The molecule has 6 heteroatoms. The highest BCUT2D eigenvalue weighted by Crippen LogP contribution is 2.30. The molecule has 116 valence electrons. The molecule has 2 atom stereocenters. The lowest BCUT2D eigenvalue weighted by Gasteiger charge is -2.25. The van der Waals surface area contributed by atoms with E-state index in [4.69, 9.17) is 4.74 Å². The number of nitro benzene ring substituents is 1. The molecular formula is C15H22N2O4. The first-order chi connectivity index (χ1) is 10.0. The molecule has 0 amide bonds. The van der Waals surface area contributed by atoms with Gasteiger partial charge >= 0.3 is 5.69 Å². The van der Waals surface area contributed by atoms with Gasteiger partial charge in [0.25, 0.3) is 0 Å². The molecule has 1 heterocycles. The van der Waals surface area contributed by atoms with E-state index in [1.807, 2.05) is 6.92 Å². The quantitative estimate of drug-likeness (QED) is 0.643. The lowest BCUT2D eigenvalue weighted by atomic mass is 10.1. The van der Waals surface area contributed by atoms with E-state index in [1.165, 1.54) is 13.2 Å². The summed E-state index contributed by atoms with van der Waals surface area (Å²) in [6, 6.07) is 5.38. The highest BCUT2D eigenvalue weighted by Gasteiger charge is 2.26. The van der Waals surface area contributed by atoms with Crippen LogP contribution in [-0.2, 0) is 6.54 Å². The molecule has 0 aromatic heterocycles. The van der Waals surface area contributed by atoms with Crippen LogP contribution in [0, 0.1) is 10.1 Å². The standard InChI is InChI=1S/C15H22N2O4/c1-11(18)8-13-4-3-7-16(13)10-12-5-6-14(17(19)20)15(9-12)21-2/h5-6,9,11,13,18H,3-4,7-8,10H2,1-2H3. The van der Waals surface area contributed by atoms with Gasteiger partial charge in [0.15, 0.2) is 5.75 Å². The summed E-state index contributed by atoms with van der Waals surface area (Å²) in [6.45, 7) is 3.54. The first-order valence-corrected chi connectivity index (χ1v) is 7.24. The van der Waals surface area contributed by atoms with Crippen molar-refractivity contribution < 1.29 is 14.8 Å². The summed E-state index contributed by atoms with van der Waals surface area (Å²) in [5.41, 5.74) is 0.984. The molecule has 2 unspecified atom stereocenters. The van der Waals surface area contributed by atoms with Crippen LogP contribution in [0.5, 0.6) is 5.75 Å². The number of hydrogen-bond acceptors (Lipinski definition) is 5. The van der Waals surface area contributed by atoms with Crippen LogP contribution in [0.25, 0.3) is 0 Å². The monoisotopic (exact) mass is 294 g/mol. The summed E-state index contributed by atoms with van der Waals surface area (Å²) in [6.07, 6.45) is 2.68. The zero-order valence-electron chi connectivity index (χ0n) is 12.5. The Hall–Kier alpha value is -1.66. The molecule has 1 N–H and O–H groups in total. The summed E-state index contributed by atoms with van der Waals surface area (Å²) < 4.78 is 5.10. The number of methoxy groups -OCH3 is 1. The van der Waals surface area contributed by atoms with Crippen molar-refractivity contribution in [1.82, 2.24) is 4.90 Å². The minimum Gasteiger partial charge on any atom is -0.490 e. The summed E-state index contributed by atoms with van der Waals surface area (Å²) in [7, 11) is 1.44. The molecule has 1 fully saturated rings. The third-order valence-corrected chi connectivity index (χ3v) is 3.94. The molecule has 0 bridgehead atoms. The Balaban J connectivity index is 2.10. The third kappa shape index (κ3) is 3.92. The molecule has 1 aliphatic rings. The number of ether oxygens (including phenoxy) is 1. The van der Waals surface area contributed by atoms with Gasteiger partial charge in [-0.1, -0.05) is 6.07 Å². The Bertz CT molecular complexity index is 504. The number of benzene rings is 1. The van der Waals surface area contributed by atoms with Crippen LogP contribution >= 0.6 is 0 Å². The number of aliphatic hydroxyl groups excluding tert-OH is 1. The van der Waals surface area contributed by atoms with Gasteiger partial charge in [0.05, 0.1) is 18.1 Å². The zero-order valence-corrected chi connectivity index (χ0v) is 12.5. The van der Waals surface area contributed by atoms with Crippen LogP contribution in [-0.4, -0.2) is 40.7 Å². The lowest BCUT2D eigenvalue weighted by Crippen LogP contribution is -2.31. The third-order valence-electron chi connectivity index (χ3n) is 3.94. The van der Waals surface area contributed by atoms with Gasteiger partial charge in [0.1, 0.15) is 0 Å². The minimum atomic E-state index is -0.436. The van der Waals surface area contributed by atoms with E-state index >= 15 is 0 Å². The Morgan fingerprint density at radius 1 is 1.57 bits per heavy atom. The van der Waals surface area contributed by atoms with Gasteiger partial charge in [-0.2, -0.15) is 0 Å². The molecule has 0 spiro atoms. The number of rotatable bonds is 6. The van der Waals surface area contributed by atoms with Crippen molar-refractivity contribution in [2.24, 2.45) is 0 Å². The predicted molar refractivity (Wildman–Crippen MR) is 79.4 cm³/mol. The van der Waals surface area contributed by atoms with Crippen molar-refractivity contribution in [2.45, 2.75) is 44.9 Å². The van der Waals surface area contributed by atoms with Crippen LogP contribution in [0.4, 0.5) is 5.69 Å². The molecule has 21 heavy (non-hydrogen) atoms. The Kier molecular flexibility index (Phi) is 5.14. The minimum absolute atomic E-state index is 0.0109. The molecule has 1 saturated heterocycles. The van der Waals surface area contributed by atoms with Crippen LogP contribution in [0.2, 0.25) is 0 Å². The van der Waals surface area contributed by atoms with Gasteiger partial charge < -0.3 is 9.84 Å². The molecule has 0 saturated carbocycles. The van der Waals surface area contributed by atoms with E-state index in [-0.39, 0.29) is 11.8 Å². The largest absolute Gasteiger partial charge is 0.490 e. The first kappa shape index (κ1) is 15.7. The molecule has 0 radical (unpaired) electrons. The number of hydrogen-bond donors (Lipinski definition) is 1. The van der Waals surface area contributed by atoms with Gasteiger partial charge in [-0.25, -0.2) is 0 Å². The number of likely N-dealkylation sites (tertiary alicyclic amines) is 1. The summed E-state index contributed by atoms with van der Waals surface area (Å²) in [5.74, 6) is 0.295. The second-order valence-electron chi connectivity index (χ2n) is 5.61. The van der Waals surface area contributed by atoms with E-state index in [0.717, 1.165) is 37.9 Å². The number of nitrogens with zero attached hydrogens (tertiary/aromatic N) is 2. The maximum absolute atomic E-state index is 10.9. The summed E-state index contributed by atoms with van der Waals surface area (Å²) in [4.78, 5) is 12.8. The van der Waals surface area contributed by atoms with Crippen molar-refractivity contribution in [1.29, 1.82) is 0 Å². The smallest absolute Gasteiger partial charge is 0.310 e. The molecule has 1 aromatic rings. The van der Waals surface area contributed by atoms with Gasteiger partial charge in [-0.05, 0) is 44.4 Å². The predicted octanol–water partition coefficient (Wildman–Crippen LogP) is 2.34. The van der Waals surface area contributed by atoms with Gasteiger partial charge in [0.2, 0.25) is 0 Å². The van der Waals surface area contributed by atoms with Crippen LogP contribution in [0.15, 0.2) is 18.2 Å². The summed E-state index contributed by atoms with van der Waals surface area (Å²) >= 11 is 0. The molecular weight excluding hydrogens is 272 g/mol. The van der Waals surface area contributed by atoms with Crippen molar-refractivity contribution >= 4 is 5.69 Å². The highest BCUT2D eigenvalue weighted by molar-refractivity contribution is 5.48. The molecule has 1 aromatic carbocycles. The van der Waals surface area contributed by atoms with Crippen LogP contribution in [0.3, 0.4) is 0 Å². The lowest BCUT2D eigenvalue weighted by molar-refractivity contribution is -0.385. The molecule has 6 nitrogen and oxygen atoms in total. The fourth-order valence-corrected chi connectivity index (χ4v) is 2.97. The van der Waals surface area contributed by atoms with Crippen LogP contribution < -0.4 is 4.74 Å². The fraction of sp³-hybridized carbons (Fsp3) is 0.600. The topological polar surface area (TPSA) is 75.8 Å². The maximum atomic E-state index is 10.9. The number of nitro groups is 1. The van der Waals surface area contributed by atoms with Crippen molar-refractivity contribution in [3.8, 4) is 5.75 Å².